The zero-order valence-corrected chi connectivity index (χ0v) is 11.7. The third-order valence-corrected chi connectivity index (χ3v) is 4.26. The van der Waals surface area contributed by atoms with Crippen molar-refractivity contribution >= 4 is 11.9 Å². The lowest BCUT2D eigenvalue weighted by Gasteiger charge is -2.11. The maximum Gasteiger partial charge on any atom is 0.322 e. The Kier molecular flexibility index (Phi) is 4.30. The topological polar surface area (TPSA) is 80.0 Å². The van der Waals surface area contributed by atoms with Gasteiger partial charge in [0.2, 0.25) is 11.8 Å². The number of nitrogens with zero attached hydrogens (tertiary/aromatic N) is 2. The van der Waals surface area contributed by atoms with Crippen LogP contribution in [0.2, 0.25) is 0 Å². The van der Waals surface area contributed by atoms with Crippen molar-refractivity contribution in [3.05, 3.63) is 5.89 Å². The van der Waals surface area contributed by atoms with Gasteiger partial charge in [-0.25, -0.2) is 0 Å². The van der Waals surface area contributed by atoms with Crippen LogP contribution >= 0.6 is 0 Å². The molecule has 2 fully saturated rings. The minimum atomic E-state index is 0.0291. The molecule has 1 saturated heterocycles. The monoisotopic (exact) mass is 278 g/mol. The van der Waals surface area contributed by atoms with Gasteiger partial charge in [-0.3, -0.25) is 10.1 Å². The summed E-state index contributed by atoms with van der Waals surface area (Å²) in [6.45, 7) is 0.983. The van der Waals surface area contributed by atoms with E-state index in [9.17, 15) is 4.79 Å². The first-order valence-corrected chi connectivity index (χ1v) is 7.70. The number of aromatic nitrogens is 2. The van der Waals surface area contributed by atoms with E-state index in [1.165, 1.54) is 12.8 Å². The van der Waals surface area contributed by atoms with Crippen LogP contribution in [0.3, 0.4) is 0 Å². The average molecular weight is 278 g/mol. The third-order valence-electron chi connectivity index (χ3n) is 4.26. The Bertz CT molecular complexity index is 446. The van der Waals surface area contributed by atoms with Gasteiger partial charge in [0.25, 0.3) is 0 Å². The van der Waals surface area contributed by atoms with Crippen LogP contribution in [0.1, 0.15) is 63.3 Å². The second-order valence-corrected chi connectivity index (χ2v) is 5.77. The molecule has 1 amide bonds. The Morgan fingerprint density at radius 1 is 1.10 bits per heavy atom. The molecule has 0 bridgehead atoms. The van der Waals surface area contributed by atoms with Crippen LogP contribution in [0.25, 0.3) is 0 Å². The molecule has 20 heavy (non-hydrogen) atoms. The molecule has 2 heterocycles. The minimum Gasteiger partial charge on any atom is -0.406 e. The fourth-order valence-corrected chi connectivity index (χ4v) is 3.07. The summed E-state index contributed by atoms with van der Waals surface area (Å²) in [5, 5.41) is 14.0. The molecule has 3 rings (SSSR count). The van der Waals surface area contributed by atoms with Crippen molar-refractivity contribution in [1.29, 1.82) is 0 Å². The molecule has 6 heteroatoms. The molecule has 2 N–H and O–H groups in total. The van der Waals surface area contributed by atoms with Gasteiger partial charge < -0.3 is 9.73 Å². The molecule has 6 nitrogen and oxygen atoms in total. The lowest BCUT2D eigenvalue weighted by Crippen LogP contribution is -2.22. The molecule has 0 spiro atoms. The normalized spacial score (nSPS) is 24.5. The van der Waals surface area contributed by atoms with Gasteiger partial charge in [-0.2, -0.15) is 0 Å². The molecule has 1 saturated carbocycles. The molecule has 1 atom stereocenters. The predicted molar refractivity (Wildman–Crippen MR) is 74.1 cm³/mol. The zero-order valence-electron chi connectivity index (χ0n) is 11.7. The highest BCUT2D eigenvalue weighted by Gasteiger charge is 2.24. The quantitative estimate of drug-likeness (QED) is 0.830. The average Bonchev–Trinajstić information content (AvgIpc) is 3.05. The fourth-order valence-electron chi connectivity index (χ4n) is 3.07. The van der Waals surface area contributed by atoms with Crippen molar-refractivity contribution in [2.24, 2.45) is 5.92 Å². The van der Waals surface area contributed by atoms with Crippen LogP contribution in [0.4, 0.5) is 6.01 Å². The van der Waals surface area contributed by atoms with E-state index in [-0.39, 0.29) is 23.9 Å². The van der Waals surface area contributed by atoms with Crippen molar-refractivity contribution < 1.29 is 9.21 Å². The number of nitrogens with one attached hydrogen (secondary N) is 2. The molecule has 1 aromatic rings. The van der Waals surface area contributed by atoms with E-state index in [4.69, 9.17) is 4.42 Å². The number of rotatable bonds is 3. The van der Waals surface area contributed by atoms with Crippen LogP contribution in [-0.2, 0) is 4.79 Å². The molecule has 1 aliphatic carbocycles. The number of carbonyl (C=O) groups excluding carboxylic acids is 1. The Labute approximate surface area is 118 Å². The Morgan fingerprint density at radius 2 is 1.90 bits per heavy atom. The van der Waals surface area contributed by atoms with E-state index in [0.717, 1.165) is 45.1 Å². The third kappa shape index (κ3) is 3.17. The van der Waals surface area contributed by atoms with Crippen molar-refractivity contribution in [2.75, 3.05) is 11.9 Å². The molecule has 1 aromatic heterocycles. The molecule has 2 aliphatic rings. The lowest BCUT2D eigenvalue weighted by atomic mass is 10.00. The second kappa shape index (κ2) is 6.35. The molecule has 110 valence electrons. The molecule has 1 aliphatic heterocycles. The van der Waals surface area contributed by atoms with E-state index >= 15 is 0 Å². The summed E-state index contributed by atoms with van der Waals surface area (Å²) in [4.78, 5) is 12.2. The first kappa shape index (κ1) is 13.5. The van der Waals surface area contributed by atoms with Gasteiger partial charge in [0.05, 0.1) is 6.04 Å². The van der Waals surface area contributed by atoms with E-state index < -0.39 is 0 Å². The molecule has 1 unspecified atom stereocenters. The second-order valence-electron chi connectivity index (χ2n) is 5.77. The first-order valence-electron chi connectivity index (χ1n) is 7.70. The first-order chi connectivity index (χ1) is 9.83. The molecule has 0 aromatic carbocycles. The largest absolute Gasteiger partial charge is 0.406 e. The summed E-state index contributed by atoms with van der Waals surface area (Å²) in [7, 11) is 0. The summed E-state index contributed by atoms with van der Waals surface area (Å²) < 4.78 is 5.54. The standard InChI is InChI=1S/C14H22N4O2/c19-12(10-6-3-1-2-4-7-10)16-14-18-17-13(20-14)11-8-5-9-15-11/h10-11,15H,1-9H2,(H,16,18,19). The smallest absolute Gasteiger partial charge is 0.322 e. The van der Waals surface area contributed by atoms with Crippen molar-refractivity contribution in [1.82, 2.24) is 15.5 Å². The highest BCUT2D eigenvalue weighted by molar-refractivity contribution is 5.90. The van der Waals surface area contributed by atoms with Crippen LogP contribution in [0.5, 0.6) is 0 Å². The zero-order chi connectivity index (χ0) is 13.8. The molecular formula is C14H22N4O2. The Hall–Kier alpha value is -1.43. The van der Waals surface area contributed by atoms with Crippen molar-refractivity contribution in [3.63, 3.8) is 0 Å². The van der Waals surface area contributed by atoms with Crippen molar-refractivity contribution in [2.45, 2.75) is 57.4 Å². The Morgan fingerprint density at radius 3 is 2.60 bits per heavy atom. The van der Waals surface area contributed by atoms with E-state index in [0.29, 0.717) is 5.89 Å². The maximum absolute atomic E-state index is 12.2. The van der Waals surface area contributed by atoms with Gasteiger partial charge in [0.15, 0.2) is 0 Å². The number of carbonyl (C=O) groups is 1. The molecular weight excluding hydrogens is 256 g/mol. The van der Waals surface area contributed by atoms with Gasteiger partial charge in [0, 0.05) is 5.92 Å². The van der Waals surface area contributed by atoms with Crippen LogP contribution in [0.15, 0.2) is 4.42 Å². The van der Waals surface area contributed by atoms with E-state index in [2.05, 4.69) is 20.8 Å². The Balaban J connectivity index is 1.57. The van der Waals surface area contributed by atoms with E-state index in [1.54, 1.807) is 0 Å². The summed E-state index contributed by atoms with van der Waals surface area (Å²) in [6, 6.07) is 0.383. The minimum absolute atomic E-state index is 0.0291. The highest BCUT2D eigenvalue weighted by Crippen LogP contribution is 2.25. The van der Waals surface area contributed by atoms with Gasteiger partial charge in [-0.15, -0.1) is 5.10 Å². The SMILES string of the molecule is O=C(Nc1nnc(C2CCCN2)o1)C1CCCCCC1. The summed E-state index contributed by atoms with van der Waals surface area (Å²) in [6.07, 6.45) is 8.82. The van der Waals surface area contributed by atoms with Crippen LogP contribution in [-0.4, -0.2) is 22.6 Å². The highest BCUT2D eigenvalue weighted by atomic mass is 16.4. The number of hydrogen-bond donors (Lipinski definition) is 2. The van der Waals surface area contributed by atoms with Crippen molar-refractivity contribution in [3.8, 4) is 0 Å². The lowest BCUT2D eigenvalue weighted by molar-refractivity contribution is -0.120. The summed E-state index contributed by atoms with van der Waals surface area (Å²) in [5.41, 5.74) is 0. The van der Waals surface area contributed by atoms with E-state index in [1.807, 2.05) is 0 Å². The number of hydrogen-bond acceptors (Lipinski definition) is 5. The number of amides is 1. The van der Waals surface area contributed by atoms with Gasteiger partial charge in [0.1, 0.15) is 0 Å². The summed E-state index contributed by atoms with van der Waals surface area (Å²) in [5.74, 6) is 0.706. The van der Waals surface area contributed by atoms with Gasteiger partial charge in [-0.1, -0.05) is 30.8 Å². The maximum atomic E-state index is 12.2. The van der Waals surface area contributed by atoms with Crippen LogP contribution < -0.4 is 10.6 Å². The fraction of sp³-hybridized carbons (Fsp3) is 0.786. The summed E-state index contributed by atoms with van der Waals surface area (Å²) >= 11 is 0. The molecule has 0 radical (unpaired) electrons. The van der Waals surface area contributed by atoms with Gasteiger partial charge >= 0.3 is 6.01 Å². The number of anilines is 1. The van der Waals surface area contributed by atoms with Crippen LogP contribution in [0, 0.1) is 5.92 Å². The predicted octanol–water partition coefficient (Wildman–Crippen LogP) is 2.40. The van der Waals surface area contributed by atoms with Gasteiger partial charge in [-0.05, 0) is 32.2 Å².